The normalized spacial score (nSPS) is 15.6. The van der Waals surface area contributed by atoms with Crippen LogP contribution >= 0.6 is 0 Å². The number of hydrogen-bond donors (Lipinski definition) is 0. The van der Waals surface area contributed by atoms with Crippen LogP contribution in [0.25, 0.3) is 0 Å². The summed E-state index contributed by atoms with van der Waals surface area (Å²) in [5, 5.41) is 0. The summed E-state index contributed by atoms with van der Waals surface area (Å²) in [4.78, 5) is 18.2. The fourth-order valence-corrected chi connectivity index (χ4v) is 2.31. The van der Waals surface area contributed by atoms with Crippen LogP contribution in [0.2, 0.25) is 0 Å². The first-order valence-corrected chi connectivity index (χ1v) is 7.01. The Hall–Kier alpha value is -2.51. The highest BCUT2D eigenvalue weighted by atomic mass is 19.1. The van der Waals surface area contributed by atoms with E-state index in [1.807, 2.05) is 4.90 Å². The molecule has 1 aliphatic rings. The highest BCUT2D eigenvalue weighted by molar-refractivity contribution is 5.33. The van der Waals surface area contributed by atoms with E-state index >= 15 is 0 Å². The molecule has 0 saturated carbocycles. The lowest BCUT2D eigenvalue weighted by Crippen LogP contribution is -2.39. The molecule has 0 N–H and O–H groups in total. The Kier molecular flexibility index (Phi) is 4.27. The minimum Gasteiger partial charge on any atom is -0.479 e. The van der Waals surface area contributed by atoms with Gasteiger partial charge in [-0.25, -0.2) is 15.0 Å². The maximum atomic E-state index is 13.3. The number of piperidine rings is 1. The van der Waals surface area contributed by atoms with Gasteiger partial charge in [0.25, 0.3) is 5.88 Å². The van der Waals surface area contributed by atoms with Crippen molar-refractivity contribution >= 4 is 5.95 Å². The maximum Gasteiger partial charge on any atom is 0.316 e. The minimum absolute atomic E-state index is 0.0407. The monoisotopic (exact) mass is 305 g/mol. The molecule has 22 heavy (non-hydrogen) atoms. The Balaban J connectivity index is 1.59. The van der Waals surface area contributed by atoms with Crippen LogP contribution in [-0.4, -0.2) is 46.2 Å². The second-order valence-corrected chi connectivity index (χ2v) is 4.86. The molecule has 7 nitrogen and oxygen atoms in total. The van der Waals surface area contributed by atoms with Crippen LogP contribution in [0.1, 0.15) is 12.8 Å². The van der Waals surface area contributed by atoms with Crippen LogP contribution in [0.15, 0.2) is 24.7 Å². The summed E-state index contributed by atoms with van der Waals surface area (Å²) in [6.07, 6.45) is 6.07. The molecule has 2 aromatic rings. The molecule has 1 saturated heterocycles. The van der Waals surface area contributed by atoms with Gasteiger partial charge in [-0.15, -0.1) is 0 Å². The van der Waals surface area contributed by atoms with Crippen LogP contribution in [-0.2, 0) is 0 Å². The van der Waals surface area contributed by atoms with Gasteiger partial charge < -0.3 is 14.4 Å². The standard InChI is InChI=1S/C14H16FN5O2/c1-21-12-11(15)9-18-13(19-12)20-7-3-10(4-8-20)22-14-16-5-2-6-17-14/h2,5-6,9-10H,3-4,7-8H2,1H3. The van der Waals surface area contributed by atoms with Crippen molar-refractivity contribution in [1.29, 1.82) is 0 Å². The van der Waals surface area contributed by atoms with Crippen molar-refractivity contribution in [3.63, 3.8) is 0 Å². The van der Waals surface area contributed by atoms with Gasteiger partial charge in [-0.3, -0.25) is 0 Å². The van der Waals surface area contributed by atoms with E-state index in [2.05, 4.69) is 19.9 Å². The molecule has 3 rings (SSSR count). The summed E-state index contributed by atoms with van der Waals surface area (Å²) in [7, 11) is 1.38. The first-order valence-electron chi connectivity index (χ1n) is 7.01. The first-order chi connectivity index (χ1) is 10.8. The molecule has 116 valence electrons. The summed E-state index contributed by atoms with van der Waals surface area (Å²) < 4.78 is 24.0. The Morgan fingerprint density at radius 2 is 1.91 bits per heavy atom. The third-order valence-corrected chi connectivity index (χ3v) is 3.43. The van der Waals surface area contributed by atoms with Crippen molar-refractivity contribution in [1.82, 2.24) is 19.9 Å². The lowest BCUT2D eigenvalue weighted by Gasteiger charge is -2.31. The zero-order valence-corrected chi connectivity index (χ0v) is 12.1. The van der Waals surface area contributed by atoms with E-state index in [9.17, 15) is 4.39 Å². The number of methoxy groups -OCH3 is 1. The van der Waals surface area contributed by atoms with E-state index in [0.29, 0.717) is 25.0 Å². The van der Waals surface area contributed by atoms with E-state index in [-0.39, 0.29) is 12.0 Å². The molecule has 0 atom stereocenters. The van der Waals surface area contributed by atoms with E-state index in [1.165, 1.54) is 7.11 Å². The Morgan fingerprint density at radius 1 is 1.18 bits per heavy atom. The van der Waals surface area contributed by atoms with Crippen LogP contribution in [0.4, 0.5) is 10.3 Å². The second-order valence-electron chi connectivity index (χ2n) is 4.86. The van der Waals surface area contributed by atoms with E-state index in [1.54, 1.807) is 18.5 Å². The molecule has 0 radical (unpaired) electrons. The number of rotatable bonds is 4. The molecule has 0 aromatic carbocycles. The van der Waals surface area contributed by atoms with Crippen LogP contribution in [0, 0.1) is 5.82 Å². The quantitative estimate of drug-likeness (QED) is 0.846. The van der Waals surface area contributed by atoms with Crippen molar-refractivity contribution in [2.75, 3.05) is 25.1 Å². The van der Waals surface area contributed by atoms with Crippen LogP contribution in [0.3, 0.4) is 0 Å². The molecule has 0 unspecified atom stereocenters. The lowest BCUT2D eigenvalue weighted by atomic mass is 10.1. The molecular weight excluding hydrogens is 289 g/mol. The van der Waals surface area contributed by atoms with Gasteiger partial charge in [-0.2, -0.15) is 9.37 Å². The van der Waals surface area contributed by atoms with Crippen LogP contribution in [0.5, 0.6) is 11.9 Å². The summed E-state index contributed by atoms with van der Waals surface area (Å²) in [5.74, 6) is -0.139. The number of ether oxygens (including phenoxy) is 2. The highest BCUT2D eigenvalue weighted by Gasteiger charge is 2.23. The SMILES string of the molecule is COc1nc(N2CCC(Oc3ncccn3)CC2)ncc1F. The van der Waals surface area contributed by atoms with Gasteiger partial charge in [0.15, 0.2) is 0 Å². The minimum atomic E-state index is -0.564. The second kappa shape index (κ2) is 6.50. The molecular formula is C14H16FN5O2. The predicted octanol–water partition coefficient (Wildman–Crippen LogP) is 1.46. The smallest absolute Gasteiger partial charge is 0.316 e. The summed E-state index contributed by atoms with van der Waals surface area (Å²) in [5.41, 5.74) is 0. The van der Waals surface area contributed by atoms with Gasteiger partial charge >= 0.3 is 6.01 Å². The highest BCUT2D eigenvalue weighted by Crippen LogP contribution is 2.21. The number of hydrogen-bond acceptors (Lipinski definition) is 7. The molecule has 0 bridgehead atoms. The molecule has 1 aliphatic heterocycles. The van der Waals surface area contributed by atoms with Gasteiger partial charge in [0.05, 0.1) is 13.3 Å². The van der Waals surface area contributed by atoms with Gasteiger partial charge in [0.2, 0.25) is 11.8 Å². The first kappa shape index (κ1) is 14.4. The number of nitrogens with zero attached hydrogens (tertiary/aromatic N) is 5. The third kappa shape index (κ3) is 3.21. The van der Waals surface area contributed by atoms with E-state index < -0.39 is 5.82 Å². The largest absolute Gasteiger partial charge is 0.479 e. The Labute approximate surface area is 127 Å². The molecule has 3 heterocycles. The van der Waals surface area contributed by atoms with Gasteiger partial charge in [-0.1, -0.05) is 0 Å². The van der Waals surface area contributed by atoms with Crippen molar-refractivity contribution in [2.45, 2.75) is 18.9 Å². The maximum absolute atomic E-state index is 13.3. The van der Waals surface area contributed by atoms with Crippen molar-refractivity contribution in [2.24, 2.45) is 0 Å². The van der Waals surface area contributed by atoms with Gasteiger partial charge in [0, 0.05) is 38.3 Å². The van der Waals surface area contributed by atoms with Gasteiger partial charge in [0.1, 0.15) is 6.10 Å². The molecule has 0 amide bonds. The third-order valence-electron chi connectivity index (χ3n) is 3.43. The van der Waals surface area contributed by atoms with Crippen LogP contribution < -0.4 is 14.4 Å². The molecule has 0 aliphatic carbocycles. The fourth-order valence-electron chi connectivity index (χ4n) is 2.31. The van der Waals surface area contributed by atoms with E-state index in [4.69, 9.17) is 9.47 Å². The fraction of sp³-hybridized carbons (Fsp3) is 0.429. The zero-order valence-electron chi connectivity index (χ0n) is 12.1. The topological polar surface area (TPSA) is 73.3 Å². The Morgan fingerprint density at radius 3 is 2.59 bits per heavy atom. The van der Waals surface area contributed by atoms with Crippen molar-refractivity contribution in [3.05, 3.63) is 30.5 Å². The number of aromatic nitrogens is 4. The predicted molar refractivity (Wildman–Crippen MR) is 76.4 cm³/mol. The average molecular weight is 305 g/mol. The molecule has 8 heteroatoms. The average Bonchev–Trinajstić information content (AvgIpc) is 2.57. The molecule has 1 fully saturated rings. The van der Waals surface area contributed by atoms with Crippen molar-refractivity contribution in [3.8, 4) is 11.9 Å². The zero-order chi connectivity index (χ0) is 15.4. The summed E-state index contributed by atoms with van der Waals surface area (Å²) in [6.45, 7) is 1.43. The number of halogens is 1. The van der Waals surface area contributed by atoms with Crippen molar-refractivity contribution < 1.29 is 13.9 Å². The molecule has 2 aromatic heterocycles. The number of anilines is 1. The van der Waals surface area contributed by atoms with Gasteiger partial charge in [-0.05, 0) is 6.07 Å². The van der Waals surface area contributed by atoms with E-state index in [0.717, 1.165) is 19.0 Å². The summed E-state index contributed by atoms with van der Waals surface area (Å²) >= 11 is 0. The molecule has 0 spiro atoms. The Bertz CT molecular complexity index is 620. The summed E-state index contributed by atoms with van der Waals surface area (Å²) in [6, 6.07) is 2.13. The lowest BCUT2D eigenvalue weighted by molar-refractivity contribution is 0.156.